The number of carbonyl (C=O) groups is 2. The Hall–Kier alpha value is -1.85. The van der Waals surface area contributed by atoms with Crippen LogP contribution >= 0.6 is 0 Å². The molecule has 0 fully saturated rings. The van der Waals surface area contributed by atoms with Gasteiger partial charge in [0.05, 0.1) is 7.11 Å². The van der Waals surface area contributed by atoms with E-state index in [1.54, 1.807) is 0 Å². The number of methoxy groups -OCH3 is 1. The third kappa shape index (κ3) is 2.29. The van der Waals surface area contributed by atoms with Crippen molar-refractivity contribution in [3.05, 3.63) is 18.0 Å². The normalized spacial score (nSPS) is 9.62. The fourth-order valence-corrected chi connectivity index (χ4v) is 0.802. The van der Waals surface area contributed by atoms with Gasteiger partial charge in [-0.05, 0) is 6.07 Å². The Morgan fingerprint density at radius 2 is 2.38 bits per heavy atom. The zero-order chi connectivity index (χ0) is 9.84. The van der Waals surface area contributed by atoms with E-state index in [2.05, 4.69) is 9.84 Å². The highest BCUT2D eigenvalue weighted by Crippen LogP contribution is 1.97. The molecule has 0 aliphatic heterocycles. The van der Waals surface area contributed by atoms with Crippen LogP contribution in [0, 0.1) is 0 Å². The predicted molar refractivity (Wildman–Crippen MR) is 41.2 cm³/mol. The van der Waals surface area contributed by atoms with Crippen molar-refractivity contribution in [3.8, 4) is 0 Å². The summed E-state index contributed by atoms with van der Waals surface area (Å²) >= 11 is 0. The van der Waals surface area contributed by atoms with Gasteiger partial charge in [-0.3, -0.25) is 9.48 Å². The van der Waals surface area contributed by atoms with Gasteiger partial charge in [-0.25, -0.2) is 4.79 Å². The molecule has 0 aromatic carbocycles. The van der Waals surface area contributed by atoms with Gasteiger partial charge >= 0.3 is 11.9 Å². The summed E-state index contributed by atoms with van der Waals surface area (Å²) in [5.74, 6) is -1.59. The molecule has 1 rings (SSSR count). The zero-order valence-electron chi connectivity index (χ0n) is 6.93. The van der Waals surface area contributed by atoms with E-state index in [1.807, 2.05) is 0 Å². The molecule has 0 amide bonds. The second-order valence-electron chi connectivity index (χ2n) is 2.28. The van der Waals surface area contributed by atoms with Crippen LogP contribution in [0.25, 0.3) is 0 Å². The van der Waals surface area contributed by atoms with Crippen molar-refractivity contribution in [3.63, 3.8) is 0 Å². The van der Waals surface area contributed by atoms with Crippen molar-refractivity contribution in [1.82, 2.24) is 9.78 Å². The molecule has 0 aliphatic rings. The van der Waals surface area contributed by atoms with Crippen molar-refractivity contribution in [2.24, 2.45) is 0 Å². The highest BCUT2D eigenvalue weighted by Gasteiger charge is 2.09. The summed E-state index contributed by atoms with van der Waals surface area (Å²) in [6, 6.07) is 1.40. The van der Waals surface area contributed by atoms with Gasteiger partial charge in [0.15, 0.2) is 5.69 Å². The number of carboxylic acid groups (broad SMARTS) is 1. The van der Waals surface area contributed by atoms with Gasteiger partial charge in [-0.15, -0.1) is 0 Å². The Labute approximate surface area is 73.7 Å². The summed E-state index contributed by atoms with van der Waals surface area (Å²) in [5, 5.41) is 12.1. The van der Waals surface area contributed by atoms with Gasteiger partial charge < -0.3 is 9.84 Å². The van der Waals surface area contributed by atoms with Crippen molar-refractivity contribution in [1.29, 1.82) is 0 Å². The minimum Gasteiger partial charge on any atom is -0.480 e. The molecule has 1 aromatic heterocycles. The molecule has 70 valence electrons. The van der Waals surface area contributed by atoms with Crippen LogP contribution in [0.1, 0.15) is 10.5 Å². The fraction of sp³-hybridized carbons (Fsp3) is 0.286. The van der Waals surface area contributed by atoms with Crippen molar-refractivity contribution >= 4 is 11.9 Å². The summed E-state index contributed by atoms with van der Waals surface area (Å²) in [6.45, 7) is -0.267. The molecule has 13 heavy (non-hydrogen) atoms. The molecule has 0 saturated heterocycles. The van der Waals surface area contributed by atoms with Crippen molar-refractivity contribution < 1.29 is 19.4 Å². The molecule has 6 heteroatoms. The van der Waals surface area contributed by atoms with Crippen LogP contribution in [0.15, 0.2) is 12.3 Å². The van der Waals surface area contributed by atoms with Crippen LogP contribution in [0.5, 0.6) is 0 Å². The van der Waals surface area contributed by atoms with Crippen molar-refractivity contribution in [2.75, 3.05) is 7.11 Å². The largest absolute Gasteiger partial charge is 0.480 e. The van der Waals surface area contributed by atoms with E-state index < -0.39 is 11.9 Å². The van der Waals surface area contributed by atoms with E-state index in [1.165, 1.54) is 19.4 Å². The molecule has 0 unspecified atom stereocenters. The molecule has 0 aliphatic carbocycles. The van der Waals surface area contributed by atoms with Gasteiger partial charge in [0.2, 0.25) is 0 Å². The molecule has 6 nitrogen and oxygen atoms in total. The lowest BCUT2D eigenvalue weighted by molar-refractivity contribution is -0.137. The average molecular weight is 184 g/mol. The number of rotatable bonds is 3. The first-order valence-electron chi connectivity index (χ1n) is 3.47. The molecule has 0 spiro atoms. The number of aliphatic carboxylic acids is 1. The third-order valence-corrected chi connectivity index (χ3v) is 1.33. The predicted octanol–water partition coefficient (Wildman–Crippen LogP) is -0.246. The minimum absolute atomic E-state index is 0.101. The molecular weight excluding hydrogens is 176 g/mol. The number of hydrogen-bond acceptors (Lipinski definition) is 4. The number of carboxylic acids is 1. The number of esters is 1. The fourth-order valence-electron chi connectivity index (χ4n) is 0.802. The number of ether oxygens (including phenoxy) is 1. The lowest BCUT2D eigenvalue weighted by Crippen LogP contribution is -2.10. The molecule has 0 radical (unpaired) electrons. The first kappa shape index (κ1) is 9.24. The van der Waals surface area contributed by atoms with Crippen molar-refractivity contribution in [2.45, 2.75) is 6.54 Å². The summed E-state index contributed by atoms with van der Waals surface area (Å²) < 4.78 is 5.54. The van der Waals surface area contributed by atoms with Crippen LogP contribution in [-0.2, 0) is 16.1 Å². The Morgan fingerprint density at radius 1 is 1.69 bits per heavy atom. The van der Waals surface area contributed by atoms with E-state index in [4.69, 9.17) is 5.11 Å². The first-order chi connectivity index (χ1) is 6.13. The zero-order valence-corrected chi connectivity index (χ0v) is 6.93. The van der Waals surface area contributed by atoms with E-state index in [0.717, 1.165) is 4.68 Å². The molecule has 0 bridgehead atoms. The van der Waals surface area contributed by atoms with E-state index in [9.17, 15) is 9.59 Å². The van der Waals surface area contributed by atoms with Gasteiger partial charge in [-0.1, -0.05) is 0 Å². The van der Waals surface area contributed by atoms with Crippen LogP contribution in [0.2, 0.25) is 0 Å². The summed E-state index contributed by atoms with van der Waals surface area (Å²) in [7, 11) is 1.23. The van der Waals surface area contributed by atoms with Gasteiger partial charge in [-0.2, -0.15) is 5.10 Å². The van der Waals surface area contributed by atoms with Gasteiger partial charge in [0, 0.05) is 6.20 Å². The molecule has 0 saturated carbocycles. The Morgan fingerprint density at radius 3 is 2.92 bits per heavy atom. The molecule has 0 atom stereocenters. The third-order valence-electron chi connectivity index (χ3n) is 1.33. The molecule has 1 N–H and O–H groups in total. The van der Waals surface area contributed by atoms with Crippen LogP contribution < -0.4 is 0 Å². The molecular formula is C7H8N2O4. The highest BCUT2D eigenvalue weighted by atomic mass is 16.5. The minimum atomic E-state index is -1.01. The summed E-state index contributed by atoms with van der Waals surface area (Å²) in [5.41, 5.74) is 0.101. The number of hydrogen-bond donors (Lipinski definition) is 1. The van der Waals surface area contributed by atoms with Crippen LogP contribution in [0.4, 0.5) is 0 Å². The number of carbonyl (C=O) groups excluding carboxylic acids is 1. The topological polar surface area (TPSA) is 81.4 Å². The summed E-state index contributed by atoms with van der Waals surface area (Å²) in [6.07, 6.45) is 1.40. The highest BCUT2D eigenvalue weighted by molar-refractivity contribution is 5.86. The second-order valence-corrected chi connectivity index (χ2v) is 2.28. The lowest BCUT2D eigenvalue weighted by atomic mass is 10.4. The summed E-state index contributed by atoms with van der Waals surface area (Å²) in [4.78, 5) is 21.1. The maximum atomic E-state index is 10.9. The van der Waals surface area contributed by atoms with Crippen LogP contribution in [0.3, 0.4) is 0 Å². The maximum absolute atomic E-state index is 10.9. The smallest absolute Gasteiger partial charge is 0.358 e. The molecule has 1 heterocycles. The second kappa shape index (κ2) is 3.70. The van der Waals surface area contributed by atoms with E-state index in [-0.39, 0.29) is 12.2 Å². The molecule has 1 aromatic rings. The Kier molecular flexibility index (Phi) is 2.63. The number of nitrogens with zero attached hydrogens (tertiary/aromatic N) is 2. The lowest BCUT2D eigenvalue weighted by Gasteiger charge is -1.94. The SMILES string of the molecule is COC(=O)c1ccn(CC(=O)O)n1. The average Bonchev–Trinajstić information content (AvgIpc) is 2.50. The Balaban J connectivity index is 2.74. The number of aromatic nitrogens is 2. The maximum Gasteiger partial charge on any atom is 0.358 e. The Bertz CT molecular complexity index is 331. The quantitative estimate of drug-likeness (QED) is 0.655. The van der Waals surface area contributed by atoms with E-state index >= 15 is 0 Å². The van der Waals surface area contributed by atoms with E-state index in [0.29, 0.717) is 0 Å². The van der Waals surface area contributed by atoms with Crippen LogP contribution in [-0.4, -0.2) is 33.9 Å². The standard InChI is InChI=1S/C7H8N2O4/c1-13-7(12)5-2-3-9(8-5)4-6(10)11/h2-3H,4H2,1H3,(H,10,11). The first-order valence-corrected chi connectivity index (χ1v) is 3.47. The van der Waals surface area contributed by atoms with Gasteiger partial charge in [0.1, 0.15) is 6.54 Å². The monoisotopic (exact) mass is 184 g/mol. The van der Waals surface area contributed by atoms with Gasteiger partial charge in [0.25, 0.3) is 0 Å².